The lowest BCUT2D eigenvalue weighted by atomic mass is 9.88. The van der Waals surface area contributed by atoms with Crippen LogP contribution in [0.3, 0.4) is 0 Å². The summed E-state index contributed by atoms with van der Waals surface area (Å²) in [5.74, 6) is -2.02. The highest BCUT2D eigenvalue weighted by Crippen LogP contribution is 2.41. The maximum Gasteiger partial charge on any atom is 0.262 e. The summed E-state index contributed by atoms with van der Waals surface area (Å²) in [5.41, 5.74) is 6.97. The highest BCUT2D eigenvalue weighted by Gasteiger charge is 2.47. The number of phenols is 2. The van der Waals surface area contributed by atoms with Gasteiger partial charge in [0.1, 0.15) is 23.4 Å². The summed E-state index contributed by atoms with van der Waals surface area (Å²) in [6, 6.07) is 25.1. The van der Waals surface area contributed by atoms with Crippen LogP contribution in [-0.4, -0.2) is 94.5 Å². The molecule has 4 amide bonds. The van der Waals surface area contributed by atoms with Crippen LogP contribution >= 0.6 is 0 Å². The molecule has 0 radical (unpaired) electrons. The number of halogens is 1. The number of allylic oxidation sites excluding steroid dienone is 1. The fourth-order valence-electron chi connectivity index (χ4n) is 10.1. The van der Waals surface area contributed by atoms with Gasteiger partial charge in [-0.25, -0.2) is 4.39 Å². The molecular formula is C47H48FN5O6. The van der Waals surface area contributed by atoms with Crippen molar-refractivity contribution in [3.8, 4) is 11.5 Å². The number of amides is 4. The van der Waals surface area contributed by atoms with Gasteiger partial charge in [-0.3, -0.25) is 34.3 Å². The van der Waals surface area contributed by atoms with Gasteiger partial charge in [-0.2, -0.15) is 0 Å². The number of imide groups is 2. The number of piperidine rings is 2. The fraction of sp³-hybridized carbons (Fsp3) is 0.362. The van der Waals surface area contributed by atoms with Crippen LogP contribution in [0.15, 0.2) is 84.9 Å². The Balaban J connectivity index is 0.841. The van der Waals surface area contributed by atoms with Gasteiger partial charge < -0.3 is 20.0 Å². The van der Waals surface area contributed by atoms with Crippen molar-refractivity contribution >= 4 is 46.1 Å². The Kier molecular flexibility index (Phi) is 10.2. The minimum Gasteiger partial charge on any atom is -0.508 e. The van der Waals surface area contributed by atoms with Crippen molar-refractivity contribution in [3.63, 3.8) is 0 Å². The van der Waals surface area contributed by atoms with Crippen LogP contribution in [0.25, 0.3) is 11.1 Å². The summed E-state index contributed by atoms with van der Waals surface area (Å²) in [4.78, 5) is 59.0. The lowest BCUT2D eigenvalue weighted by Gasteiger charge is -2.44. The van der Waals surface area contributed by atoms with E-state index in [1.807, 2.05) is 24.3 Å². The Morgan fingerprint density at radius 2 is 1.29 bits per heavy atom. The standard InChI is InChI=1S/C47H48FN5O6/c1-2-37(29-5-13-35(54)14-6-29)44(31-7-15-36(55)16-8-31)30-3-9-32(10-4-30)51-21-19-28(20-22-51)25-50-26-33-11-12-34(27-50)52(33)42-24-39-38(23-40(42)48)46(58)53(47(39)59)41-17-18-43(56)49-45(41)57/h3-10,13-16,23-24,28,33-34,41,54-55H,2,11-12,17-22,25-27H2,1H3,(H,49,56,57). The van der Waals surface area contributed by atoms with Crippen LogP contribution in [-0.2, 0) is 9.59 Å². The van der Waals surface area contributed by atoms with Crippen molar-refractivity contribution in [1.82, 2.24) is 15.1 Å². The Labute approximate surface area is 342 Å². The van der Waals surface area contributed by atoms with Gasteiger partial charge in [-0.15, -0.1) is 0 Å². The largest absolute Gasteiger partial charge is 0.508 e. The lowest BCUT2D eigenvalue weighted by molar-refractivity contribution is -0.136. The fourth-order valence-corrected chi connectivity index (χ4v) is 10.1. The van der Waals surface area contributed by atoms with E-state index in [1.54, 1.807) is 24.3 Å². The SMILES string of the molecule is CCC(=C(c1ccc(O)cc1)c1ccc(N2CCC(CN3CC4CCC(C3)N4c3cc4c(cc3F)C(=O)N(C3CCC(=O)NC3=O)C4=O)CC2)cc1)c1ccc(O)cc1. The molecule has 59 heavy (non-hydrogen) atoms. The predicted molar refractivity (Wildman–Crippen MR) is 223 cm³/mol. The zero-order valence-electron chi connectivity index (χ0n) is 33.1. The normalized spacial score (nSPS) is 22.8. The minimum absolute atomic E-state index is 0.0247. The molecular weight excluding hydrogens is 750 g/mol. The zero-order valence-corrected chi connectivity index (χ0v) is 33.1. The molecule has 3 unspecified atom stereocenters. The van der Waals surface area contributed by atoms with Gasteiger partial charge in [0.2, 0.25) is 11.8 Å². The van der Waals surface area contributed by atoms with Crippen molar-refractivity contribution in [2.24, 2.45) is 5.92 Å². The van der Waals surface area contributed by atoms with Crippen molar-refractivity contribution in [2.45, 2.75) is 70.0 Å². The molecule has 11 nitrogen and oxygen atoms in total. The molecule has 12 heteroatoms. The van der Waals surface area contributed by atoms with Crippen LogP contribution < -0.4 is 15.1 Å². The number of aromatic hydroxyl groups is 2. The van der Waals surface area contributed by atoms with Crippen molar-refractivity contribution in [1.29, 1.82) is 0 Å². The van der Waals surface area contributed by atoms with Gasteiger partial charge in [-0.1, -0.05) is 43.3 Å². The first-order chi connectivity index (χ1) is 28.6. The van der Waals surface area contributed by atoms with Gasteiger partial charge in [0.05, 0.1) is 16.8 Å². The van der Waals surface area contributed by atoms with E-state index in [0.717, 1.165) is 104 Å². The van der Waals surface area contributed by atoms with Gasteiger partial charge >= 0.3 is 0 Å². The first-order valence-corrected chi connectivity index (χ1v) is 20.8. The molecule has 9 rings (SSSR count). The molecule has 4 aromatic carbocycles. The van der Waals surface area contributed by atoms with Crippen LogP contribution in [0.2, 0.25) is 0 Å². The second-order valence-corrected chi connectivity index (χ2v) is 16.6. The van der Waals surface area contributed by atoms with E-state index in [0.29, 0.717) is 11.6 Å². The number of phenolic OH excluding ortho intramolecular Hbond substituents is 2. The number of benzene rings is 4. The molecule has 4 fully saturated rings. The highest BCUT2D eigenvalue weighted by molar-refractivity contribution is 6.23. The van der Waals surface area contributed by atoms with Gasteiger partial charge in [0.15, 0.2) is 0 Å². The van der Waals surface area contributed by atoms with Crippen molar-refractivity contribution in [2.75, 3.05) is 42.5 Å². The number of anilines is 2. The molecule has 3 N–H and O–H groups in total. The van der Waals surface area contributed by atoms with E-state index in [1.165, 1.54) is 11.8 Å². The van der Waals surface area contributed by atoms with Gasteiger partial charge in [0, 0.05) is 56.9 Å². The molecule has 4 aromatic rings. The molecule has 5 heterocycles. The third-order valence-electron chi connectivity index (χ3n) is 13.0. The van der Waals surface area contributed by atoms with E-state index < -0.39 is 35.5 Å². The number of nitrogens with one attached hydrogen (secondary N) is 1. The third kappa shape index (κ3) is 7.24. The summed E-state index contributed by atoms with van der Waals surface area (Å²) in [6.45, 7) is 6.61. The Hall–Kier alpha value is -6.01. The Morgan fingerprint density at radius 3 is 1.86 bits per heavy atom. The smallest absolute Gasteiger partial charge is 0.262 e. The molecule has 304 valence electrons. The topological polar surface area (TPSA) is 134 Å². The van der Waals surface area contributed by atoms with Crippen LogP contribution in [0.4, 0.5) is 15.8 Å². The number of piperazine rings is 1. The predicted octanol–water partition coefficient (Wildman–Crippen LogP) is 6.58. The molecule has 0 spiro atoms. The van der Waals surface area contributed by atoms with E-state index in [4.69, 9.17) is 0 Å². The maximum atomic E-state index is 15.9. The second kappa shape index (κ2) is 15.6. The third-order valence-corrected chi connectivity index (χ3v) is 13.0. The van der Waals surface area contributed by atoms with Crippen molar-refractivity contribution in [3.05, 3.63) is 119 Å². The molecule has 0 aliphatic carbocycles. The Bertz CT molecular complexity index is 2320. The summed E-state index contributed by atoms with van der Waals surface area (Å²) in [7, 11) is 0. The molecule has 5 aliphatic heterocycles. The summed E-state index contributed by atoms with van der Waals surface area (Å²) in [6.07, 6.45) is 4.82. The molecule has 0 aromatic heterocycles. The van der Waals surface area contributed by atoms with E-state index >= 15 is 4.39 Å². The lowest BCUT2D eigenvalue weighted by Crippen LogP contribution is -2.55. The number of likely N-dealkylation sites (tertiary alicyclic amines) is 1. The number of fused-ring (bicyclic) bond motifs is 3. The van der Waals surface area contributed by atoms with E-state index in [-0.39, 0.29) is 47.6 Å². The summed E-state index contributed by atoms with van der Waals surface area (Å²) < 4.78 is 15.9. The molecule has 4 saturated heterocycles. The monoisotopic (exact) mass is 797 g/mol. The van der Waals surface area contributed by atoms with E-state index in [2.05, 4.69) is 51.2 Å². The molecule has 3 atom stereocenters. The summed E-state index contributed by atoms with van der Waals surface area (Å²) >= 11 is 0. The number of hydrogen-bond donors (Lipinski definition) is 3. The average Bonchev–Trinajstić information content (AvgIpc) is 3.63. The van der Waals surface area contributed by atoms with Crippen LogP contribution in [0.1, 0.15) is 89.3 Å². The first kappa shape index (κ1) is 38.5. The van der Waals surface area contributed by atoms with Crippen molar-refractivity contribution < 1.29 is 33.8 Å². The molecule has 0 saturated carbocycles. The van der Waals surface area contributed by atoms with Crippen LogP contribution in [0.5, 0.6) is 11.5 Å². The highest BCUT2D eigenvalue weighted by atomic mass is 19.1. The molecule has 5 aliphatic rings. The Morgan fingerprint density at radius 1 is 0.729 bits per heavy atom. The summed E-state index contributed by atoms with van der Waals surface area (Å²) in [5, 5.41) is 22.2. The number of nitrogens with zero attached hydrogens (tertiary/aromatic N) is 4. The average molecular weight is 798 g/mol. The number of carbonyl (C=O) groups excluding carboxylic acids is 4. The zero-order chi connectivity index (χ0) is 40.9. The minimum atomic E-state index is -1.09. The number of carbonyl (C=O) groups is 4. The van der Waals surface area contributed by atoms with Gasteiger partial charge in [0.25, 0.3) is 11.8 Å². The maximum absolute atomic E-state index is 15.9. The van der Waals surface area contributed by atoms with Gasteiger partial charge in [-0.05, 0) is 121 Å². The quantitative estimate of drug-likeness (QED) is 0.127. The second-order valence-electron chi connectivity index (χ2n) is 16.6. The van der Waals surface area contributed by atoms with Crippen LogP contribution in [0, 0.1) is 11.7 Å². The number of hydrogen-bond acceptors (Lipinski definition) is 9. The first-order valence-electron chi connectivity index (χ1n) is 20.8. The number of rotatable bonds is 9. The van der Waals surface area contributed by atoms with E-state index in [9.17, 15) is 29.4 Å². The molecule has 2 bridgehead atoms.